The summed E-state index contributed by atoms with van der Waals surface area (Å²) in [5.41, 5.74) is 3.13. The van der Waals surface area contributed by atoms with Crippen molar-refractivity contribution in [3.63, 3.8) is 0 Å². The zero-order valence-corrected chi connectivity index (χ0v) is 11.8. The van der Waals surface area contributed by atoms with Gasteiger partial charge in [-0.15, -0.1) is 10.2 Å². The molecule has 0 unspecified atom stereocenters. The molecule has 0 saturated carbocycles. The first kappa shape index (κ1) is 14.0. The molecule has 0 atom stereocenters. The predicted octanol–water partition coefficient (Wildman–Crippen LogP) is 2.74. The van der Waals surface area contributed by atoms with Crippen LogP contribution in [0.1, 0.15) is 28.5 Å². The number of nitrogens with one attached hydrogen (secondary N) is 1. The van der Waals surface area contributed by atoms with Gasteiger partial charge in [-0.25, -0.2) is 0 Å². The fraction of sp³-hybridized carbons (Fsp3) is 0.267. The van der Waals surface area contributed by atoms with E-state index in [0.717, 1.165) is 16.8 Å². The fourth-order valence-corrected chi connectivity index (χ4v) is 1.72. The molecule has 0 bridgehead atoms. The van der Waals surface area contributed by atoms with E-state index in [1.54, 1.807) is 12.1 Å². The molecular weight excluding hydrogens is 254 g/mol. The highest BCUT2D eigenvalue weighted by molar-refractivity contribution is 6.03. The van der Waals surface area contributed by atoms with Crippen molar-refractivity contribution in [2.24, 2.45) is 0 Å². The Balaban J connectivity index is 2.13. The van der Waals surface area contributed by atoms with Crippen molar-refractivity contribution in [3.8, 4) is 5.88 Å². The first-order valence-corrected chi connectivity index (χ1v) is 6.45. The third-order valence-corrected chi connectivity index (χ3v) is 2.81. The monoisotopic (exact) mass is 271 g/mol. The number of carbonyl (C=O) groups is 1. The van der Waals surface area contributed by atoms with Gasteiger partial charge in [0.05, 0.1) is 6.61 Å². The summed E-state index contributed by atoms with van der Waals surface area (Å²) in [6.45, 7) is 6.30. The van der Waals surface area contributed by atoms with Gasteiger partial charge >= 0.3 is 0 Å². The molecule has 0 fully saturated rings. The minimum Gasteiger partial charge on any atom is -0.477 e. The highest BCUT2D eigenvalue weighted by Gasteiger charge is 2.10. The maximum absolute atomic E-state index is 12.1. The molecule has 0 aliphatic heterocycles. The van der Waals surface area contributed by atoms with E-state index in [2.05, 4.69) is 15.5 Å². The molecule has 1 heterocycles. The topological polar surface area (TPSA) is 64.1 Å². The molecule has 20 heavy (non-hydrogen) atoms. The molecule has 1 aromatic heterocycles. The van der Waals surface area contributed by atoms with Gasteiger partial charge in [0.25, 0.3) is 5.91 Å². The zero-order chi connectivity index (χ0) is 14.5. The summed E-state index contributed by atoms with van der Waals surface area (Å²) in [5.74, 6) is 0.130. The molecule has 104 valence electrons. The molecule has 0 saturated heterocycles. The van der Waals surface area contributed by atoms with Crippen molar-refractivity contribution < 1.29 is 9.53 Å². The fourth-order valence-electron chi connectivity index (χ4n) is 1.72. The first-order valence-electron chi connectivity index (χ1n) is 6.45. The summed E-state index contributed by atoms with van der Waals surface area (Å²) in [5, 5.41) is 10.5. The van der Waals surface area contributed by atoms with Crippen molar-refractivity contribution in [2.45, 2.75) is 20.8 Å². The van der Waals surface area contributed by atoms with Gasteiger partial charge in [0.2, 0.25) is 5.88 Å². The Morgan fingerprint density at radius 2 is 2.00 bits per heavy atom. The molecule has 2 rings (SSSR count). The number of rotatable bonds is 4. The summed E-state index contributed by atoms with van der Waals surface area (Å²) < 4.78 is 5.19. The maximum Gasteiger partial charge on any atom is 0.276 e. The van der Waals surface area contributed by atoms with Crippen LogP contribution in [0.5, 0.6) is 5.88 Å². The minimum absolute atomic E-state index is 0.259. The minimum atomic E-state index is -0.283. The summed E-state index contributed by atoms with van der Waals surface area (Å²) in [6, 6.07) is 9.12. The van der Waals surface area contributed by atoms with Crippen LogP contribution in [0.15, 0.2) is 30.3 Å². The lowest BCUT2D eigenvalue weighted by atomic mass is 10.1. The van der Waals surface area contributed by atoms with Gasteiger partial charge in [0.1, 0.15) is 0 Å². The number of aromatic nitrogens is 2. The van der Waals surface area contributed by atoms with Crippen LogP contribution in [0.25, 0.3) is 0 Å². The standard InChI is InChI=1S/C15H17N3O2/c1-4-20-14-8-7-12(17-18-14)15(19)16-13-9-10(2)5-6-11(13)3/h5-9H,4H2,1-3H3,(H,16,19). The third-order valence-electron chi connectivity index (χ3n) is 2.81. The van der Waals surface area contributed by atoms with Crippen LogP contribution in [0.3, 0.4) is 0 Å². The summed E-state index contributed by atoms with van der Waals surface area (Å²) in [4.78, 5) is 12.1. The summed E-state index contributed by atoms with van der Waals surface area (Å²) >= 11 is 0. The van der Waals surface area contributed by atoms with Crippen molar-refractivity contribution in [1.29, 1.82) is 0 Å². The van der Waals surface area contributed by atoms with E-state index in [4.69, 9.17) is 4.74 Å². The lowest BCUT2D eigenvalue weighted by molar-refractivity contribution is 0.102. The second kappa shape index (κ2) is 6.14. The van der Waals surface area contributed by atoms with Crippen LogP contribution in [0.2, 0.25) is 0 Å². The Bertz CT molecular complexity index is 609. The second-order valence-corrected chi connectivity index (χ2v) is 4.46. The molecule has 1 N–H and O–H groups in total. The van der Waals surface area contributed by atoms with Crippen LogP contribution in [0.4, 0.5) is 5.69 Å². The van der Waals surface area contributed by atoms with Crippen LogP contribution in [0, 0.1) is 13.8 Å². The molecule has 2 aromatic rings. The average Bonchev–Trinajstić information content (AvgIpc) is 2.44. The highest BCUT2D eigenvalue weighted by Crippen LogP contribution is 2.17. The van der Waals surface area contributed by atoms with E-state index in [1.165, 1.54) is 0 Å². The highest BCUT2D eigenvalue weighted by atomic mass is 16.5. The smallest absolute Gasteiger partial charge is 0.276 e. The molecule has 0 aliphatic rings. The molecule has 0 spiro atoms. The van der Waals surface area contributed by atoms with Crippen molar-refractivity contribution in [3.05, 3.63) is 47.2 Å². The number of ether oxygens (including phenoxy) is 1. The SMILES string of the molecule is CCOc1ccc(C(=O)Nc2cc(C)ccc2C)nn1. The molecule has 5 nitrogen and oxygen atoms in total. The molecule has 1 amide bonds. The summed E-state index contributed by atoms with van der Waals surface area (Å²) in [7, 11) is 0. The van der Waals surface area contributed by atoms with E-state index in [-0.39, 0.29) is 11.6 Å². The number of benzene rings is 1. The van der Waals surface area contributed by atoms with E-state index < -0.39 is 0 Å². The van der Waals surface area contributed by atoms with Crippen LogP contribution >= 0.6 is 0 Å². The van der Waals surface area contributed by atoms with Crippen LogP contribution < -0.4 is 10.1 Å². The Kier molecular flexibility index (Phi) is 4.30. The lowest BCUT2D eigenvalue weighted by Gasteiger charge is -2.09. The van der Waals surface area contributed by atoms with E-state index in [9.17, 15) is 4.79 Å². The van der Waals surface area contributed by atoms with Gasteiger partial charge in [-0.05, 0) is 44.0 Å². The van der Waals surface area contributed by atoms with Crippen molar-refractivity contribution in [2.75, 3.05) is 11.9 Å². The molecule has 1 aromatic carbocycles. The normalized spacial score (nSPS) is 10.2. The number of hydrogen-bond acceptors (Lipinski definition) is 4. The average molecular weight is 271 g/mol. The predicted molar refractivity (Wildman–Crippen MR) is 77.1 cm³/mol. The zero-order valence-electron chi connectivity index (χ0n) is 11.8. The lowest BCUT2D eigenvalue weighted by Crippen LogP contribution is -2.15. The first-order chi connectivity index (χ1) is 9.60. The molecule has 0 aliphatic carbocycles. The molecular formula is C15H17N3O2. The number of carbonyl (C=O) groups excluding carboxylic acids is 1. The van der Waals surface area contributed by atoms with Crippen molar-refractivity contribution in [1.82, 2.24) is 10.2 Å². The molecule has 0 radical (unpaired) electrons. The van der Waals surface area contributed by atoms with Gasteiger partial charge < -0.3 is 10.1 Å². The Hall–Kier alpha value is -2.43. The van der Waals surface area contributed by atoms with Gasteiger partial charge in [0.15, 0.2) is 5.69 Å². The Morgan fingerprint density at radius 3 is 2.65 bits per heavy atom. The number of aryl methyl sites for hydroxylation is 2. The summed E-state index contributed by atoms with van der Waals surface area (Å²) in [6.07, 6.45) is 0. The molecule has 5 heteroatoms. The van der Waals surface area contributed by atoms with Gasteiger partial charge in [-0.2, -0.15) is 0 Å². The number of nitrogens with zero attached hydrogens (tertiary/aromatic N) is 2. The van der Waals surface area contributed by atoms with E-state index >= 15 is 0 Å². The van der Waals surface area contributed by atoms with Crippen LogP contribution in [-0.4, -0.2) is 22.7 Å². The van der Waals surface area contributed by atoms with Crippen molar-refractivity contribution >= 4 is 11.6 Å². The number of hydrogen-bond donors (Lipinski definition) is 1. The Labute approximate surface area is 118 Å². The maximum atomic E-state index is 12.1. The van der Waals surface area contributed by atoms with E-state index in [0.29, 0.717) is 12.5 Å². The quantitative estimate of drug-likeness (QED) is 0.928. The van der Waals surface area contributed by atoms with E-state index in [1.807, 2.05) is 39.0 Å². The van der Waals surface area contributed by atoms with Crippen LogP contribution in [-0.2, 0) is 0 Å². The van der Waals surface area contributed by atoms with Gasteiger partial charge in [-0.3, -0.25) is 4.79 Å². The van der Waals surface area contributed by atoms with Gasteiger partial charge in [-0.1, -0.05) is 12.1 Å². The van der Waals surface area contributed by atoms with Gasteiger partial charge in [0, 0.05) is 11.8 Å². The number of anilines is 1. The second-order valence-electron chi connectivity index (χ2n) is 4.46. The Morgan fingerprint density at radius 1 is 1.20 bits per heavy atom. The number of amides is 1. The largest absolute Gasteiger partial charge is 0.477 e. The third kappa shape index (κ3) is 3.32.